The second-order valence-electron chi connectivity index (χ2n) is 5.58. The molecule has 0 fully saturated rings. The number of methoxy groups -OCH3 is 1. The minimum Gasteiger partial charge on any atom is -0.497 e. The molecule has 3 N–H and O–H groups in total. The second kappa shape index (κ2) is 6.90. The highest BCUT2D eigenvalue weighted by Crippen LogP contribution is 2.34. The third-order valence-corrected chi connectivity index (χ3v) is 4.80. The number of nitrogens with two attached hydrogens (primary N) is 1. The first-order valence-corrected chi connectivity index (χ1v) is 8.45. The van der Waals surface area contributed by atoms with Gasteiger partial charge in [-0.2, -0.15) is 5.10 Å². The second-order valence-corrected chi connectivity index (χ2v) is 6.58. The first-order chi connectivity index (χ1) is 12.0. The number of aryl methyl sites for hydroxylation is 2. The monoisotopic (exact) mass is 354 g/mol. The molecule has 0 atom stereocenters. The third-order valence-electron chi connectivity index (χ3n) is 3.70. The highest BCUT2D eigenvalue weighted by atomic mass is 32.1. The SMILES string of the molecule is COc1cccc(/C=N/NC(=O)c2sc3nc(C)cc(C)c3c2N)c1. The summed E-state index contributed by atoms with van der Waals surface area (Å²) in [6.07, 6.45) is 1.55. The number of carbonyl (C=O) groups is 1. The average Bonchev–Trinajstić information content (AvgIpc) is 2.91. The van der Waals surface area contributed by atoms with E-state index >= 15 is 0 Å². The maximum Gasteiger partial charge on any atom is 0.283 e. The summed E-state index contributed by atoms with van der Waals surface area (Å²) in [5.74, 6) is 0.373. The lowest BCUT2D eigenvalue weighted by molar-refractivity contribution is 0.0960. The van der Waals surface area contributed by atoms with Crippen molar-refractivity contribution in [3.05, 3.63) is 52.0 Å². The van der Waals surface area contributed by atoms with Gasteiger partial charge in [0.1, 0.15) is 15.5 Å². The first kappa shape index (κ1) is 16.9. The van der Waals surface area contributed by atoms with E-state index in [-0.39, 0.29) is 5.91 Å². The summed E-state index contributed by atoms with van der Waals surface area (Å²) in [4.78, 5) is 18.0. The number of aromatic nitrogens is 1. The number of hydrogen-bond acceptors (Lipinski definition) is 6. The summed E-state index contributed by atoms with van der Waals surface area (Å²) in [6.45, 7) is 3.88. The maximum absolute atomic E-state index is 12.4. The van der Waals surface area contributed by atoms with Crippen LogP contribution in [0.2, 0.25) is 0 Å². The van der Waals surface area contributed by atoms with Gasteiger partial charge in [0.15, 0.2) is 0 Å². The van der Waals surface area contributed by atoms with Gasteiger partial charge in [0.05, 0.1) is 19.0 Å². The number of nitrogens with zero attached hydrogens (tertiary/aromatic N) is 2. The van der Waals surface area contributed by atoms with Gasteiger partial charge in [0.2, 0.25) is 0 Å². The minimum atomic E-state index is -0.350. The zero-order valence-corrected chi connectivity index (χ0v) is 15.0. The summed E-state index contributed by atoms with van der Waals surface area (Å²) in [6, 6.07) is 9.32. The Morgan fingerprint density at radius 2 is 2.16 bits per heavy atom. The van der Waals surface area contributed by atoms with Gasteiger partial charge in [0, 0.05) is 11.1 Å². The lowest BCUT2D eigenvalue weighted by Gasteiger charge is -2.01. The van der Waals surface area contributed by atoms with Gasteiger partial charge in [-0.15, -0.1) is 11.3 Å². The lowest BCUT2D eigenvalue weighted by atomic mass is 10.1. The molecule has 0 aliphatic carbocycles. The van der Waals surface area contributed by atoms with E-state index in [9.17, 15) is 4.79 Å². The van der Waals surface area contributed by atoms with Crippen molar-refractivity contribution in [1.29, 1.82) is 0 Å². The maximum atomic E-state index is 12.4. The first-order valence-electron chi connectivity index (χ1n) is 7.63. The van der Waals surface area contributed by atoms with Crippen molar-refractivity contribution < 1.29 is 9.53 Å². The largest absolute Gasteiger partial charge is 0.497 e. The molecule has 0 unspecified atom stereocenters. The zero-order valence-electron chi connectivity index (χ0n) is 14.2. The van der Waals surface area contributed by atoms with Gasteiger partial charge < -0.3 is 10.5 Å². The van der Waals surface area contributed by atoms with Crippen LogP contribution in [0.25, 0.3) is 10.2 Å². The molecule has 6 nitrogen and oxygen atoms in total. The topological polar surface area (TPSA) is 89.6 Å². The number of hydrazone groups is 1. The van der Waals surface area contributed by atoms with E-state index in [1.165, 1.54) is 11.3 Å². The van der Waals surface area contributed by atoms with E-state index in [4.69, 9.17) is 10.5 Å². The summed E-state index contributed by atoms with van der Waals surface area (Å²) in [7, 11) is 1.60. The van der Waals surface area contributed by atoms with E-state index in [0.717, 1.165) is 32.8 Å². The number of anilines is 1. The smallest absolute Gasteiger partial charge is 0.283 e. The van der Waals surface area contributed by atoms with Crippen molar-refractivity contribution >= 4 is 39.4 Å². The number of ether oxygens (including phenoxy) is 1. The predicted molar refractivity (Wildman–Crippen MR) is 102 cm³/mol. The van der Waals surface area contributed by atoms with Gasteiger partial charge >= 0.3 is 0 Å². The number of nitrogen functional groups attached to an aromatic ring is 1. The highest BCUT2D eigenvalue weighted by Gasteiger charge is 2.18. The predicted octanol–water partition coefficient (Wildman–Crippen LogP) is 3.27. The molecule has 3 rings (SSSR count). The van der Waals surface area contributed by atoms with E-state index in [2.05, 4.69) is 15.5 Å². The Morgan fingerprint density at radius 1 is 1.36 bits per heavy atom. The molecule has 25 heavy (non-hydrogen) atoms. The van der Waals surface area contributed by atoms with E-state index < -0.39 is 0 Å². The van der Waals surface area contributed by atoms with Crippen molar-refractivity contribution in [3.63, 3.8) is 0 Å². The summed E-state index contributed by atoms with van der Waals surface area (Å²) >= 11 is 1.27. The molecule has 1 amide bonds. The molecule has 128 valence electrons. The molecule has 2 heterocycles. The molecule has 0 radical (unpaired) electrons. The molecule has 0 saturated carbocycles. The van der Waals surface area contributed by atoms with Crippen LogP contribution in [0.15, 0.2) is 35.4 Å². The van der Waals surface area contributed by atoms with Crippen LogP contribution in [0.1, 0.15) is 26.5 Å². The Kier molecular flexibility index (Phi) is 4.67. The average molecular weight is 354 g/mol. The van der Waals surface area contributed by atoms with Crippen LogP contribution >= 0.6 is 11.3 Å². The molecule has 2 aromatic heterocycles. The van der Waals surface area contributed by atoms with Crippen LogP contribution in [0, 0.1) is 13.8 Å². The molecule has 0 aliphatic rings. The van der Waals surface area contributed by atoms with Crippen molar-refractivity contribution in [2.75, 3.05) is 12.8 Å². The summed E-state index contributed by atoms with van der Waals surface area (Å²) in [5, 5.41) is 4.83. The molecule has 7 heteroatoms. The Hall–Kier alpha value is -2.93. The quantitative estimate of drug-likeness (QED) is 0.556. The van der Waals surface area contributed by atoms with Crippen LogP contribution < -0.4 is 15.9 Å². The Balaban J connectivity index is 1.81. The number of benzene rings is 1. The Bertz CT molecular complexity index is 979. The number of amides is 1. The molecule has 1 aromatic carbocycles. The lowest BCUT2D eigenvalue weighted by Crippen LogP contribution is -2.17. The molecular weight excluding hydrogens is 336 g/mol. The van der Waals surface area contributed by atoms with Gasteiger partial charge in [-0.05, 0) is 43.2 Å². The number of rotatable bonds is 4. The Labute approximate surface area is 149 Å². The molecular formula is C18H18N4O2S. The van der Waals surface area contributed by atoms with Crippen molar-refractivity contribution in [1.82, 2.24) is 10.4 Å². The minimum absolute atomic E-state index is 0.350. The third kappa shape index (κ3) is 3.46. The fourth-order valence-corrected chi connectivity index (χ4v) is 3.68. The van der Waals surface area contributed by atoms with Crippen LogP contribution in [0.3, 0.4) is 0 Å². The van der Waals surface area contributed by atoms with Crippen LogP contribution in [-0.4, -0.2) is 24.2 Å². The van der Waals surface area contributed by atoms with Crippen molar-refractivity contribution in [3.8, 4) is 5.75 Å². The molecule has 0 saturated heterocycles. The van der Waals surface area contributed by atoms with Gasteiger partial charge in [0.25, 0.3) is 5.91 Å². The summed E-state index contributed by atoms with van der Waals surface area (Å²) < 4.78 is 5.15. The zero-order chi connectivity index (χ0) is 18.0. The van der Waals surface area contributed by atoms with Crippen molar-refractivity contribution in [2.24, 2.45) is 5.10 Å². The Morgan fingerprint density at radius 3 is 2.92 bits per heavy atom. The van der Waals surface area contributed by atoms with E-state index in [1.807, 2.05) is 44.2 Å². The van der Waals surface area contributed by atoms with Crippen molar-refractivity contribution in [2.45, 2.75) is 13.8 Å². The fourth-order valence-electron chi connectivity index (χ4n) is 2.58. The van der Waals surface area contributed by atoms with Gasteiger partial charge in [-0.1, -0.05) is 12.1 Å². The number of nitrogens with one attached hydrogen (secondary N) is 1. The van der Waals surface area contributed by atoms with Gasteiger partial charge in [-0.3, -0.25) is 4.79 Å². The normalized spacial score (nSPS) is 11.2. The summed E-state index contributed by atoms with van der Waals surface area (Å²) in [5.41, 5.74) is 11.8. The van der Waals surface area contributed by atoms with E-state index in [0.29, 0.717) is 10.6 Å². The van der Waals surface area contributed by atoms with Crippen LogP contribution in [0.4, 0.5) is 5.69 Å². The number of pyridine rings is 1. The number of fused-ring (bicyclic) bond motifs is 1. The highest BCUT2D eigenvalue weighted by molar-refractivity contribution is 7.21. The van der Waals surface area contributed by atoms with Gasteiger partial charge in [-0.25, -0.2) is 10.4 Å². The molecule has 3 aromatic rings. The molecule has 0 spiro atoms. The van der Waals surface area contributed by atoms with Crippen LogP contribution in [0.5, 0.6) is 5.75 Å². The fraction of sp³-hybridized carbons (Fsp3) is 0.167. The standard InChI is InChI=1S/C18H18N4O2S/c1-10-7-11(2)21-18-14(10)15(19)16(25-18)17(23)22-20-9-12-5-4-6-13(8-12)24-3/h4-9H,19H2,1-3H3,(H,22,23)/b20-9+. The molecule has 0 bridgehead atoms. The number of hydrogen-bond donors (Lipinski definition) is 2. The van der Waals surface area contributed by atoms with Crippen LogP contribution in [-0.2, 0) is 0 Å². The number of carbonyl (C=O) groups excluding carboxylic acids is 1. The molecule has 0 aliphatic heterocycles. The number of thiophene rings is 1. The van der Waals surface area contributed by atoms with E-state index in [1.54, 1.807) is 13.3 Å².